The highest BCUT2D eigenvalue weighted by Gasteiger charge is 2.18. The minimum absolute atomic E-state index is 0.207. The zero-order chi connectivity index (χ0) is 13.9. The summed E-state index contributed by atoms with van der Waals surface area (Å²) in [4.78, 5) is 2.51. The third-order valence-electron chi connectivity index (χ3n) is 3.30. The normalized spacial score (nSPS) is 20.5. The van der Waals surface area contributed by atoms with Crippen molar-refractivity contribution in [2.45, 2.75) is 30.7 Å². The van der Waals surface area contributed by atoms with Gasteiger partial charge in [0.25, 0.3) is 0 Å². The van der Waals surface area contributed by atoms with Crippen molar-refractivity contribution in [2.24, 2.45) is 5.73 Å². The Morgan fingerprint density at radius 1 is 1.37 bits per heavy atom. The zero-order valence-electron chi connectivity index (χ0n) is 11.2. The first-order chi connectivity index (χ1) is 9.03. The molecule has 2 rings (SSSR count). The first-order valence-electron chi connectivity index (χ1n) is 6.63. The van der Waals surface area contributed by atoms with Gasteiger partial charge in [-0.25, -0.2) is 13.1 Å². The second-order valence-corrected chi connectivity index (χ2v) is 6.61. The molecule has 0 amide bonds. The molecule has 1 unspecified atom stereocenters. The van der Waals surface area contributed by atoms with Crippen molar-refractivity contribution >= 4 is 15.7 Å². The number of nitrogens with one attached hydrogen (secondary N) is 1. The summed E-state index contributed by atoms with van der Waals surface area (Å²) in [5.74, 6) is 0. The molecule has 5 nitrogen and oxygen atoms in total. The van der Waals surface area contributed by atoms with Gasteiger partial charge >= 0.3 is 0 Å². The number of nitrogens with zero attached hydrogens (tertiary/aromatic N) is 1. The number of anilines is 1. The summed E-state index contributed by atoms with van der Waals surface area (Å²) in [6, 6.07) is 7.20. The Kier molecular flexibility index (Phi) is 4.44. The molecular formula is C13H21N3O2S. The SMILES string of the molecule is CCNS(=O)(=O)c1ccc(N2CCCC(N)C2)cc1. The van der Waals surface area contributed by atoms with Crippen LogP contribution >= 0.6 is 0 Å². The summed E-state index contributed by atoms with van der Waals surface area (Å²) in [6.45, 7) is 3.97. The lowest BCUT2D eigenvalue weighted by molar-refractivity contribution is 0.506. The standard InChI is InChI=1S/C13H21N3O2S/c1-2-15-19(17,18)13-7-5-12(6-8-13)16-9-3-4-11(14)10-16/h5-8,11,15H,2-4,9-10,14H2,1H3. The molecule has 106 valence electrons. The topological polar surface area (TPSA) is 75.4 Å². The fraction of sp³-hybridized carbons (Fsp3) is 0.538. The van der Waals surface area contributed by atoms with Gasteiger partial charge in [-0.1, -0.05) is 6.92 Å². The van der Waals surface area contributed by atoms with Crippen LogP contribution in [0, 0.1) is 0 Å². The van der Waals surface area contributed by atoms with E-state index < -0.39 is 10.0 Å². The van der Waals surface area contributed by atoms with Gasteiger partial charge in [0, 0.05) is 31.4 Å². The van der Waals surface area contributed by atoms with Crippen LogP contribution in [0.15, 0.2) is 29.2 Å². The summed E-state index contributed by atoms with van der Waals surface area (Å²) < 4.78 is 26.1. The molecule has 1 aromatic rings. The molecule has 1 heterocycles. The Bertz CT molecular complexity index is 513. The Morgan fingerprint density at radius 3 is 2.63 bits per heavy atom. The molecule has 6 heteroatoms. The molecule has 0 bridgehead atoms. The van der Waals surface area contributed by atoms with Gasteiger partial charge in [-0.2, -0.15) is 0 Å². The predicted molar refractivity (Wildman–Crippen MR) is 76.7 cm³/mol. The molecule has 0 saturated carbocycles. The molecule has 0 aliphatic carbocycles. The maximum atomic E-state index is 11.8. The number of piperidine rings is 1. The highest BCUT2D eigenvalue weighted by atomic mass is 32.2. The summed E-state index contributed by atoms with van der Waals surface area (Å²) >= 11 is 0. The van der Waals surface area contributed by atoms with Gasteiger partial charge in [0.2, 0.25) is 10.0 Å². The van der Waals surface area contributed by atoms with Crippen molar-refractivity contribution in [3.8, 4) is 0 Å². The molecular weight excluding hydrogens is 262 g/mol. The average molecular weight is 283 g/mol. The van der Waals surface area contributed by atoms with E-state index in [4.69, 9.17) is 5.73 Å². The largest absolute Gasteiger partial charge is 0.370 e. The molecule has 0 radical (unpaired) electrons. The van der Waals surface area contributed by atoms with Crippen molar-refractivity contribution < 1.29 is 8.42 Å². The predicted octanol–water partition coefficient (Wildman–Crippen LogP) is 0.912. The van der Waals surface area contributed by atoms with E-state index in [0.29, 0.717) is 11.4 Å². The Hall–Kier alpha value is -1.11. The van der Waals surface area contributed by atoms with Crippen LogP contribution in [0.5, 0.6) is 0 Å². The van der Waals surface area contributed by atoms with Crippen LogP contribution in [0.4, 0.5) is 5.69 Å². The molecule has 0 aromatic heterocycles. The second kappa shape index (κ2) is 5.90. The molecule has 1 aliphatic heterocycles. The summed E-state index contributed by atoms with van der Waals surface area (Å²) in [5.41, 5.74) is 6.99. The van der Waals surface area contributed by atoms with E-state index in [1.54, 1.807) is 19.1 Å². The summed E-state index contributed by atoms with van der Waals surface area (Å²) in [5, 5.41) is 0. The number of sulfonamides is 1. The lowest BCUT2D eigenvalue weighted by Crippen LogP contribution is -2.42. The maximum absolute atomic E-state index is 11.8. The van der Waals surface area contributed by atoms with Gasteiger partial charge < -0.3 is 10.6 Å². The number of benzene rings is 1. The van der Waals surface area contributed by atoms with E-state index in [9.17, 15) is 8.42 Å². The number of rotatable bonds is 4. The van der Waals surface area contributed by atoms with Crippen LogP contribution in [0.3, 0.4) is 0 Å². The van der Waals surface area contributed by atoms with Gasteiger partial charge in [0.05, 0.1) is 4.90 Å². The quantitative estimate of drug-likeness (QED) is 0.861. The van der Waals surface area contributed by atoms with Crippen LogP contribution < -0.4 is 15.4 Å². The van der Waals surface area contributed by atoms with Gasteiger partial charge in [0.1, 0.15) is 0 Å². The van der Waals surface area contributed by atoms with Crippen molar-refractivity contribution in [3.05, 3.63) is 24.3 Å². The van der Waals surface area contributed by atoms with E-state index in [1.807, 2.05) is 12.1 Å². The lowest BCUT2D eigenvalue weighted by atomic mass is 10.1. The van der Waals surface area contributed by atoms with Crippen LogP contribution in [0.25, 0.3) is 0 Å². The third-order valence-corrected chi connectivity index (χ3v) is 4.87. The van der Waals surface area contributed by atoms with E-state index >= 15 is 0 Å². The van der Waals surface area contributed by atoms with Crippen LogP contribution in [0.1, 0.15) is 19.8 Å². The fourth-order valence-corrected chi connectivity index (χ4v) is 3.40. The molecule has 1 saturated heterocycles. The highest BCUT2D eigenvalue weighted by molar-refractivity contribution is 7.89. The molecule has 1 fully saturated rings. The lowest BCUT2D eigenvalue weighted by Gasteiger charge is -2.32. The van der Waals surface area contributed by atoms with Crippen molar-refractivity contribution in [1.82, 2.24) is 4.72 Å². The second-order valence-electron chi connectivity index (χ2n) is 4.84. The third kappa shape index (κ3) is 3.46. The highest BCUT2D eigenvalue weighted by Crippen LogP contribution is 2.21. The van der Waals surface area contributed by atoms with Gasteiger partial charge in [0.15, 0.2) is 0 Å². The molecule has 1 aliphatic rings. The molecule has 3 N–H and O–H groups in total. The van der Waals surface area contributed by atoms with Crippen LogP contribution in [0.2, 0.25) is 0 Å². The van der Waals surface area contributed by atoms with Crippen molar-refractivity contribution in [2.75, 3.05) is 24.5 Å². The monoisotopic (exact) mass is 283 g/mol. The van der Waals surface area contributed by atoms with E-state index in [2.05, 4.69) is 9.62 Å². The molecule has 1 aromatic carbocycles. The van der Waals surface area contributed by atoms with Gasteiger partial charge in [-0.15, -0.1) is 0 Å². The molecule has 0 spiro atoms. The molecule has 19 heavy (non-hydrogen) atoms. The first-order valence-corrected chi connectivity index (χ1v) is 8.11. The zero-order valence-corrected chi connectivity index (χ0v) is 12.0. The summed E-state index contributed by atoms with van der Waals surface area (Å²) in [7, 11) is -3.36. The first kappa shape index (κ1) is 14.3. The van der Waals surface area contributed by atoms with Gasteiger partial charge in [-0.3, -0.25) is 0 Å². The van der Waals surface area contributed by atoms with E-state index in [1.165, 1.54) is 0 Å². The molecule has 1 atom stereocenters. The van der Waals surface area contributed by atoms with Gasteiger partial charge in [-0.05, 0) is 37.1 Å². The average Bonchev–Trinajstić information content (AvgIpc) is 2.39. The van der Waals surface area contributed by atoms with E-state index in [0.717, 1.165) is 31.6 Å². The minimum Gasteiger partial charge on any atom is -0.370 e. The Labute approximate surface area is 114 Å². The van der Waals surface area contributed by atoms with Crippen molar-refractivity contribution in [3.63, 3.8) is 0 Å². The number of hydrogen-bond acceptors (Lipinski definition) is 4. The van der Waals surface area contributed by atoms with Crippen LogP contribution in [-0.4, -0.2) is 34.1 Å². The van der Waals surface area contributed by atoms with Crippen LogP contribution in [-0.2, 0) is 10.0 Å². The minimum atomic E-state index is -3.36. The fourth-order valence-electron chi connectivity index (χ4n) is 2.35. The Balaban J connectivity index is 2.14. The smallest absolute Gasteiger partial charge is 0.240 e. The number of nitrogens with two attached hydrogens (primary N) is 1. The maximum Gasteiger partial charge on any atom is 0.240 e. The Morgan fingerprint density at radius 2 is 2.05 bits per heavy atom. The van der Waals surface area contributed by atoms with E-state index in [-0.39, 0.29) is 6.04 Å². The van der Waals surface area contributed by atoms with Crippen molar-refractivity contribution in [1.29, 1.82) is 0 Å². The number of hydrogen-bond donors (Lipinski definition) is 2. The summed E-state index contributed by atoms with van der Waals surface area (Å²) in [6.07, 6.45) is 2.14.